The lowest BCUT2D eigenvalue weighted by Gasteiger charge is -2.15. The van der Waals surface area contributed by atoms with Gasteiger partial charge in [-0.1, -0.05) is 6.07 Å². The number of alkyl halides is 3. The Morgan fingerprint density at radius 1 is 1.24 bits per heavy atom. The molecular formula is C21H24F4N4O4S. The molecule has 34 heavy (non-hydrogen) atoms. The number of carbonyl (C=O) groups excluding carboxylic acids is 1. The highest BCUT2D eigenvalue weighted by atomic mass is 32.2. The van der Waals surface area contributed by atoms with Crippen molar-refractivity contribution in [3.8, 4) is 0 Å². The van der Waals surface area contributed by atoms with Gasteiger partial charge in [0.25, 0.3) is 0 Å². The maximum atomic E-state index is 14.2. The predicted octanol–water partition coefficient (Wildman–Crippen LogP) is 3.56. The van der Waals surface area contributed by atoms with Gasteiger partial charge in [-0.05, 0) is 42.8 Å². The van der Waals surface area contributed by atoms with Crippen LogP contribution in [0.3, 0.4) is 0 Å². The quantitative estimate of drug-likeness (QED) is 0.259. The van der Waals surface area contributed by atoms with Crippen LogP contribution in [0, 0.1) is 5.82 Å². The number of rotatable bonds is 10. The number of carbonyl (C=O) groups is 1. The zero-order chi connectivity index (χ0) is 25.5. The Labute approximate surface area is 194 Å². The molecule has 0 fully saturated rings. The number of anilines is 2. The molecule has 1 amide bonds. The zero-order valence-corrected chi connectivity index (χ0v) is 19.3. The van der Waals surface area contributed by atoms with Crippen LogP contribution >= 0.6 is 0 Å². The van der Waals surface area contributed by atoms with Crippen molar-refractivity contribution >= 4 is 33.5 Å². The number of ether oxygens (including phenoxy) is 1. The summed E-state index contributed by atoms with van der Waals surface area (Å²) < 4.78 is 82.6. The lowest BCUT2D eigenvalue weighted by atomic mass is 10.1. The number of nitrogens with one attached hydrogen (secondary N) is 3. The van der Waals surface area contributed by atoms with Gasteiger partial charge in [-0.3, -0.25) is 9.52 Å². The predicted molar refractivity (Wildman–Crippen MR) is 120 cm³/mol. The van der Waals surface area contributed by atoms with Crippen LogP contribution in [-0.4, -0.2) is 45.8 Å². The summed E-state index contributed by atoms with van der Waals surface area (Å²) in [5.74, 6) is -1.48. The topological polar surface area (TPSA) is 109 Å². The first kappa shape index (κ1) is 27.1. The monoisotopic (exact) mass is 504 g/mol. The Hall–Kier alpha value is -3.19. The van der Waals surface area contributed by atoms with Crippen molar-refractivity contribution in [1.82, 2.24) is 10.3 Å². The second kappa shape index (κ2) is 11.3. The molecule has 1 atom stereocenters. The smallest absolute Gasteiger partial charge is 0.383 e. The van der Waals surface area contributed by atoms with Crippen LogP contribution in [0.1, 0.15) is 29.8 Å². The third kappa shape index (κ3) is 8.30. The van der Waals surface area contributed by atoms with E-state index in [1.165, 1.54) is 31.4 Å². The normalized spacial score (nSPS) is 13.0. The standard InChI is InChI=1S/C21H24F4N4O4S/c1-13(15-4-7-17(16(22)12-15)29-34(3,31)32)27-19(30)9-6-14-5-8-18(21(23,24)25)28-20(14)26-10-11-33-2/h4-9,12-13,29H,10-11H2,1-3H3,(H,26,28)(H,27,30). The van der Waals surface area contributed by atoms with E-state index in [-0.39, 0.29) is 30.2 Å². The fourth-order valence-corrected chi connectivity index (χ4v) is 3.33. The van der Waals surface area contributed by atoms with Crippen molar-refractivity contribution in [3.63, 3.8) is 0 Å². The van der Waals surface area contributed by atoms with Gasteiger partial charge >= 0.3 is 6.18 Å². The van der Waals surface area contributed by atoms with Crippen molar-refractivity contribution in [1.29, 1.82) is 0 Å². The van der Waals surface area contributed by atoms with Gasteiger partial charge in [0.05, 0.1) is 24.6 Å². The highest BCUT2D eigenvalue weighted by molar-refractivity contribution is 7.92. The summed E-state index contributed by atoms with van der Waals surface area (Å²) in [6, 6.07) is 5.10. The van der Waals surface area contributed by atoms with Gasteiger partial charge in [-0.2, -0.15) is 13.2 Å². The molecule has 3 N–H and O–H groups in total. The molecule has 13 heteroatoms. The number of amides is 1. The lowest BCUT2D eigenvalue weighted by Crippen LogP contribution is -2.24. The van der Waals surface area contributed by atoms with E-state index in [9.17, 15) is 30.8 Å². The van der Waals surface area contributed by atoms with Gasteiger partial charge in [0.1, 0.15) is 17.3 Å². The van der Waals surface area contributed by atoms with E-state index in [2.05, 4.69) is 15.6 Å². The van der Waals surface area contributed by atoms with Gasteiger partial charge in [-0.15, -0.1) is 0 Å². The molecule has 2 rings (SSSR count). The number of nitrogens with zero attached hydrogens (tertiary/aromatic N) is 1. The van der Waals surface area contributed by atoms with E-state index >= 15 is 0 Å². The zero-order valence-electron chi connectivity index (χ0n) is 18.5. The Balaban J connectivity index is 2.13. The second-order valence-electron chi connectivity index (χ2n) is 7.23. The molecular weight excluding hydrogens is 480 g/mol. The maximum absolute atomic E-state index is 14.2. The highest BCUT2D eigenvalue weighted by Gasteiger charge is 2.33. The summed E-state index contributed by atoms with van der Waals surface area (Å²) in [6.07, 6.45) is -1.34. The number of benzene rings is 1. The van der Waals surface area contributed by atoms with E-state index in [1.54, 1.807) is 6.92 Å². The molecule has 0 radical (unpaired) electrons. The van der Waals surface area contributed by atoms with Crippen molar-refractivity contribution in [3.05, 3.63) is 59.0 Å². The molecule has 0 aliphatic heterocycles. The summed E-state index contributed by atoms with van der Waals surface area (Å²) >= 11 is 0. The second-order valence-corrected chi connectivity index (χ2v) is 8.98. The van der Waals surface area contributed by atoms with Crippen LogP contribution in [0.5, 0.6) is 0 Å². The summed E-state index contributed by atoms with van der Waals surface area (Å²) in [4.78, 5) is 15.9. The average molecular weight is 505 g/mol. The molecule has 186 valence electrons. The van der Waals surface area contributed by atoms with E-state index in [0.717, 1.165) is 24.5 Å². The minimum Gasteiger partial charge on any atom is -0.383 e. The average Bonchev–Trinajstić information content (AvgIpc) is 2.72. The first-order chi connectivity index (χ1) is 15.8. The Morgan fingerprint density at radius 3 is 2.53 bits per heavy atom. The first-order valence-corrected chi connectivity index (χ1v) is 11.8. The number of hydrogen-bond donors (Lipinski definition) is 3. The SMILES string of the molecule is COCCNc1nc(C(F)(F)F)ccc1C=CC(=O)NC(C)c1ccc(NS(C)(=O)=O)c(F)c1. The van der Waals surface area contributed by atoms with Crippen LogP contribution in [0.4, 0.5) is 29.1 Å². The molecule has 8 nitrogen and oxygen atoms in total. The summed E-state index contributed by atoms with van der Waals surface area (Å²) in [5, 5.41) is 5.33. The van der Waals surface area contributed by atoms with E-state index < -0.39 is 39.7 Å². The molecule has 1 heterocycles. The number of halogens is 4. The summed E-state index contributed by atoms with van der Waals surface area (Å²) in [6.45, 7) is 2.01. The van der Waals surface area contributed by atoms with Crippen LogP contribution in [0.15, 0.2) is 36.4 Å². The van der Waals surface area contributed by atoms with E-state index in [4.69, 9.17) is 4.74 Å². The number of aromatic nitrogens is 1. The van der Waals surface area contributed by atoms with Crippen LogP contribution in [0.2, 0.25) is 0 Å². The van der Waals surface area contributed by atoms with Crippen LogP contribution < -0.4 is 15.4 Å². The molecule has 0 spiro atoms. The minimum absolute atomic E-state index is 0.0694. The molecule has 1 unspecified atom stereocenters. The molecule has 1 aromatic heterocycles. The minimum atomic E-state index is -4.63. The fraction of sp³-hybridized carbons (Fsp3) is 0.333. The Morgan fingerprint density at radius 2 is 1.94 bits per heavy atom. The number of hydrogen-bond acceptors (Lipinski definition) is 6. The van der Waals surface area contributed by atoms with Crippen LogP contribution in [-0.2, 0) is 25.7 Å². The van der Waals surface area contributed by atoms with Crippen molar-refractivity contribution in [2.24, 2.45) is 0 Å². The van der Waals surface area contributed by atoms with E-state index in [0.29, 0.717) is 5.56 Å². The fourth-order valence-electron chi connectivity index (χ4n) is 2.77. The third-order valence-electron chi connectivity index (χ3n) is 4.38. The molecule has 0 saturated heterocycles. The maximum Gasteiger partial charge on any atom is 0.433 e. The number of pyridine rings is 1. The van der Waals surface area contributed by atoms with Gasteiger partial charge in [0.15, 0.2) is 0 Å². The molecule has 1 aromatic carbocycles. The first-order valence-electron chi connectivity index (χ1n) is 9.87. The highest BCUT2D eigenvalue weighted by Crippen LogP contribution is 2.30. The third-order valence-corrected chi connectivity index (χ3v) is 4.97. The lowest BCUT2D eigenvalue weighted by molar-refractivity contribution is -0.141. The van der Waals surface area contributed by atoms with Gasteiger partial charge in [-0.25, -0.2) is 17.8 Å². The number of sulfonamides is 1. The molecule has 0 saturated carbocycles. The van der Waals surface area contributed by atoms with Crippen molar-refractivity contribution < 1.29 is 35.5 Å². The van der Waals surface area contributed by atoms with Gasteiger partial charge < -0.3 is 15.4 Å². The van der Waals surface area contributed by atoms with Crippen LogP contribution in [0.25, 0.3) is 6.08 Å². The Bertz CT molecular complexity index is 1150. The van der Waals surface area contributed by atoms with Crippen molar-refractivity contribution in [2.75, 3.05) is 36.6 Å². The van der Waals surface area contributed by atoms with E-state index in [1.807, 2.05) is 4.72 Å². The molecule has 0 aliphatic rings. The number of methoxy groups -OCH3 is 1. The van der Waals surface area contributed by atoms with Gasteiger partial charge in [0, 0.05) is 25.3 Å². The van der Waals surface area contributed by atoms with Crippen molar-refractivity contribution in [2.45, 2.75) is 19.1 Å². The largest absolute Gasteiger partial charge is 0.433 e. The van der Waals surface area contributed by atoms with Gasteiger partial charge in [0.2, 0.25) is 15.9 Å². The summed E-state index contributed by atoms with van der Waals surface area (Å²) in [7, 11) is -2.22. The Kier molecular flexibility index (Phi) is 8.99. The molecule has 0 bridgehead atoms. The summed E-state index contributed by atoms with van der Waals surface area (Å²) in [5.41, 5.74) is -0.697. The molecule has 0 aliphatic carbocycles. The molecule has 2 aromatic rings.